The van der Waals surface area contributed by atoms with Gasteiger partial charge in [0, 0.05) is 18.7 Å². The molecule has 0 radical (unpaired) electrons. The Balaban J connectivity index is 1.71. The fourth-order valence-corrected chi connectivity index (χ4v) is 6.81. The van der Waals surface area contributed by atoms with Crippen molar-refractivity contribution < 1.29 is 13.2 Å². The van der Waals surface area contributed by atoms with Crippen molar-refractivity contribution >= 4 is 15.7 Å². The van der Waals surface area contributed by atoms with E-state index in [9.17, 15) is 13.2 Å². The zero-order chi connectivity index (χ0) is 17.2. The Kier molecular flexibility index (Phi) is 3.41. The van der Waals surface area contributed by atoms with Gasteiger partial charge < -0.3 is 5.32 Å². The van der Waals surface area contributed by atoms with Gasteiger partial charge in [-0.05, 0) is 73.5 Å². The van der Waals surface area contributed by atoms with Crippen molar-refractivity contribution in [3.8, 4) is 0 Å². The summed E-state index contributed by atoms with van der Waals surface area (Å²) < 4.78 is 23.4. The van der Waals surface area contributed by atoms with Crippen molar-refractivity contribution in [2.45, 2.75) is 61.3 Å². The number of rotatable bonds is 3. The van der Waals surface area contributed by atoms with E-state index in [4.69, 9.17) is 0 Å². The second-order valence-corrected chi connectivity index (χ2v) is 10.5. The van der Waals surface area contributed by atoms with Gasteiger partial charge in [-0.3, -0.25) is 4.79 Å². The van der Waals surface area contributed by atoms with E-state index in [0.717, 1.165) is 19.3 Å². The Morgan fingerprint density at radius 2 is 1.67 bits per heavy atom. The number of benzene rings is 1. The highest BCUT2D eigenvalue weighted by atomic mass is 32.2. The third-order valence-corrected chi connectivity index (χ3v) is 7.53. The fraction of sp³-hybridized carbons (Fsp3) is 0.632. The lowest BCUT2D eigenvalue weighted by Crippen LogP contribution is -2.64. The van der Waals surface area contributed by atoms with E-state index < -0.39 is 9.84 Å². The minimum atomic E-state index is -3.16. The zero-order valence-corrected chi connectivity index (χ0v) is 15.2. The van der Waals surface area contributed by atoms with Gasteiger partial charge in [-0.25, -0.2) is 8.42 Å². The van der Waals surface area contributed by atoms with Crippen molar-refractivity contribution in [2.75, 3.05) is 6.26 Å². The molecule has 4 fully saturated rings. The summed E-state index contributed by atoms with van der Waals surface area (Å²) in [5.74, 6) is 1.42. The van der Waals surface area contributed by atoms with Crippen molar-refractivity contribution in [3.05, 3.63) is 29.8 Å². The van der Waals surface area contributed by atoms with Gasteiger partial charge in [0.25, 0.3) is 0 Å². The molecule has 5 rings (SSSR count). The van der Waals surface area contributed by atoms with Crippen molar-refractivity contribution in [1.29, 1.82) is 0 Å². The number of amides is 1. The summed E-state index contributed by atoms with van der Waals surface area (Å²) in [5.41, 5.74) is 1.30. The molecule has 4 aliphatic rings. The van der Waals surface area contributed by atoms with Crippen LogP contribution in [0.2, 0.25) is 0 Å². The third kappa shape index (κ3) is 2.57. The second kappa shape index (κ2) is 5.07. The summed E-state index contributed by atoms with van der Waals surface area (Å²) >= 11 is 0. The van der Waals surface area contributed by atoms with Crippen LogP contribution in [0.4, 0.5) is 0 Å². The maximum absolute atomic E-state index is 11.7. The molecule has 1 aromatic carbocycles. The quantitative estimate of drug-likeness (QED) is 0.914. The Labute approximate surface area is 143 Å². The molecule has 1 N–H and O–H groups in total. The number of sulfone groups is 1. The molecule has 24 heavy (non-hydrogen) atoms. The van der Waals surface area contributed by atoms with E-state index >= 15 is 0 Å². The number of hydrogen-bond donors (Lipinski definition) is 1. The van der Waals surface area contributed by atoms with Gasteiger partial charge in [-0.1, -0.05) is 12.1 Å². The summed E-state index contributed by atoms with van der Waals surface area (Å²) in [6.07, 6.45) is 8.07. The highest BCUT2D eigenvalue weighted by molar-refractivity contribution is 7.90. The summed E-state index contributed by atoms with van der Waals surface area (Å²) in [6.45, 7) is 1.62. The lowest BCUT2D eigenvalue weighted by Gasteiger charge is -2.62. The molecule has 1 amide bonds. The first-order chi connectivity index (χ1) is 11.2. The molecule has 0 saturated heterocycles. The van der Waals surface area contributed by atoms with Crippen molar-refractivity contribution in [3.63, 3.8) is 0 Å². The van der Waals surface area contributed by atoms with Crippen molar-refractivity contribution in [1.82, 2.24) is 5.32 Å². The largest absolute Gasteiger partial charge is 0.351 e. The first-order valence-electron chi connectivity index (χ1n) is 8.79. The summed E-state index contributed by atoms with van der Waals surface area (Å²) in [7, 11) is -3.16. The molecule has 0 aromatic heterocycles. The molecule has 130 valence electrons. The van der Waals surface area contributed by atoms with Crippen LogP contribution in [-0.4, -0.2) is 26.1 Å². The van der Waals surface area contributed by atoms with Gasteiger partial charge in [0.05, 0.1) is 4.90 Å². The van der Waals surface area contributed by atoms with E-state index in [1.807, 2.05) is 12.1 Å². The highest BCUT2D eigenvalue weighted by Crippen LogP contribution is 2.62. The predicted octanol–water partition coefficient (Wildman–Crippen LogP) is 2.82. The Hall–Kier alpha value is -1.36. The number of nitrogens with one attached hydrogen (secondary N) is 1. The molecule has 4 nitrogen and oxygen atoms in total. The maximum Gasteiger partial charge on any atom is 0.217 e. The zero-order valence-electron chi connectivity index (χ0n) is 14.3. The van der Waals surface area contributed by atoms with Crippen LogP contribution in [0, 0.1) is 11.8 Å². The molecule has 4 saturated carbocycles. The molecule has 0 heterocycles. The molecule has 4 aliphatic carbocycles. The van der Waals surface area contributed by atoms with E-state index in [2.05, 4.69) is 5.32 Å². The number of hydrogen-bond acceptors (Lipinski definition) is 3. The van der Waals surface area contributed by atoms with Crippen LogP contribution in [0.5, 0.6) is 0 Å². The van der Waals surface area contributed by atoms with Gasteiger partial charge >= 0.3 is 0 Å². The first kappa shape index (κ1) is 16.1. The molecule has 4 atom stereocenters. The SMILES string of the molecule is CC(=O)NC12C[C@H]3C[C@@H](C1)CC(c1ccc(S(C)(=O)=O)cc1)(C3)C2. The Morgan fingerprint density at radius 3 is 2.17 bits per heavy atom. The standard InChI is InChI=1S/C19H25NO3S/c1-13(21)20-19-10-14-7-15(11-19)9-18(8-14,12-19)16-3-5-17(6-4-16)24(2,22)23/h3-6,14-15H,7-12H2,1-2H3,(H,20,21)/t14-,15+,18?,19?. The average molecular weight is 347 g/mol. The average Bonchev–Trinajstić information content (AvgIpc) is 2.43. The van der Waals surface area contributed by atoms with E-state index in [-0.39, 0.29) is 16.9 Å². The topological polar surface area (TPSA) is 63.2 Å². The summed E-state index contributed by atoms with van der Waals surface area (Å²) in [4.78, 5) is 12.1. The highest BCUT2D eigenvalue weighted by Gasteiger charge is 2.58. The van der Waals surface area contributed by atoms with Gasteiger partial charge in [0.2, 0.25) is 5.91 Å². The molecule has 2 unspecified atom stereocenters. The lowest BCUT2D eigenvalue weighted by molar-refractivity contribution is -0.125. The van der Waals surface area contributed by atoms with Crippen LogP contribution in [0.3, 0.4) is 0 Å². The lowest BCUT2D eigenvalue weighted by atomic mass is 9.45. The Bertz CT molecular complexity index is 767. The van der Waals surface area contributed by atoms with Crippen molar-refractivity contribution in [2.24, 2.45) is 11.8 Å². The molecular formula is C19H25NO3S. The van der Waals surface area contributed by atoms with E-state index in [1.165, 1.54) is 31.1 Å². The van der Waals surface area contributed by atoms with Gasteiger partial charge in [0.15, 0.2) is 9.84 Å². The molecule has 5 heteroatoms. The molecule has 0 aliphatic heterocycles. The Morgan fingerprint density at radius 1 is 1.08 bits per heavy atom. The maximum atomic E-state index is 11.7. The monoisotopic (exact) mass is 347 g/mol. The minimum Gasteiger partial charge on any atom is -0.351 e. The van der Waals surface area contributed by atoms with Crippen LogP contribution in [0.1, 0.15) is 51.0 Å². The van der Waals surface area contributed by atoms with Crippen LogP contribution >= 0.6 is 0 Å². The van der Waals surface area contributed by atoms with Crippen LogP contribution in [0.25, 0.3) is 0 Å². The predicted molar refractivity (Wildman–Crippen MR) is 92.5 cm³/mol. The van der Waals surface area contributed by atoms with Crippen LogP contribution < -0.4 is 5.32 Å². The molecular weight excluding hydrogens is 322 g/mol. The van der Waals surface area contributed by atoms with Crippen LogP contribution in [-0.2, 0) is 20.0 Å². The fourth-order valence-electron chi connectivity index (χ4n) is 6.18. The number of carbonyl (C=O) groups is 1. The van der Waals surface area contributed by atoms with E-state index in [0.29, 0.717) is 16.7 Å². The molecule has 4 bridgehead atoms. The number of carbonyl (C=O) groups excluding carboxylic acids is 1. The molecule has 0 spiro atoms. The smallest absolute Gasteiger partial charge is 0.217 e. The van der Waals surface area contributed by atoms with Gasteiger partial charge in [-0.2, -0.15) is 0 Å². The summed E-state index contributed by atoms with van der Waals surface area (Å²) in [6, 6.07) is 7.50. The summed E-state index contributed by atoms with van der Waals surface area (Å²) in [5, 5.41) is 3.28. The van der Waals surface area contributed by atoms with Crippen LogP contribution in [0.15, 0.2) is 29.2 Å². The first-order valence-corrected chi connectivity index (χ1v) is 10.7. The second-order valence-electron chi connectivity index (χ2n) is 8.50. The third-order valence-electron chi connectivity index (χ3n) is 6.40. The minimum absolute atomic E-state index is 0.0502. The van der Waals surface area contributed by atoms with Gasteiger partial charge in [-0.15, -0.1) is 0 Å². The van der Waals surface area contributed by atoms with E-state index in [1.54, 1.807) is 19.1 Å². The normalized spacial score (nSPS) is 37.4. The van der Waals surface area contributed by atoms with Gasteiger partial charge in [0.1, 0.15) is 0 Å². The molecule has 1 aromatic rings.